The summed E-state index contributed by atoms with van der Waals surface area (Å²) < 4.78 is 17.2. The number of fused-ring (bicyclic) bond motifs is 1. The predicted octanol–water partition coefficient (Wildman–Crippen LogP) is 3.79. The minimum Gasteiger partial charge on any atom is -0.486 e. The van der Waals surface area contributed by atoms with Crippen LogP contribution in [0.15, 0.2) is 39.4 Å². The van der Waals surface area contributed by atoms with Crippen molar-refractivity contribution >= 4 is 21.8 Å². The molecule has 0 N–H and O–H groups in total. The standard InChI is InChI=1S/C17H16BrNO4/c18-16-6-5-14(23-16)17(20)19-7-1-2-12(19)11-3-4-13-15(10-11)22-9-8-21-13/h3-6,10,12H,1-2,7-9H2/t12-/m1/s1. The van der Waals surface area contributed by atoms with Gasteiger partial charge in [-0.25, -0.2) is 0 Å². The summed E-state index contributed by atoms with van der Waals surface area (Å²) in [7, 11) is 0. The molecule has 2 aromatic rings. The third-order valence-corrected chi connectivity index (χ3v) is 4.67. The molecule has 120 valence electrons. The van der Waals surface area contributed by atoms with Gasteiger partial charge in [0.15, 0.2) is 21.9 Å². The molecule has 1 amide bonds. The summed E-state index contributed by atoms with van der Waals surface area (Å²) in [4.78, 5) is 14.6. The van der Waals surface area contributed by atoms with Crippen LogP contribution in [0, 0.1) is 0 Å². The van der Waals surface area contributed by atoms with E-state index in [1.54, 1.807) is 12.1 Å². The molecule has 2 aliphatic rings. The molecule has 4 rings (SSSR count). The minimum absolute atomic E-state index is 0.0437. The summed E-state index contributed by atoms with van der Waals surface area (Å²) >= 11 is 3.24. The third-order valence-electron chi connectivity index (χ3n) is 4.25. The van der Waals surface area contributed by atoms with Crippen LogP contribution in [0.1, 0.15) is 35.0 Å². The molecule has 23 heavy (non-hydrogen) atoms. The molecule has 1 aromatic heterocycles. The number of hydrogen-bond donors (Lipinski definition) is 0. The van der Waals surface area contributed by atoms with E-state index in [1.165, 1.54) is 0 Å². The number of rotatable bonds is 2. The maximum atomic E-state index is 12.7. The molecule has 6 heteroatoms. The van der Waals surface area contributed by atoms with Gasteiger partial charge in [-0.05, 0) is 58.6 Å². The zero-order valence-electron chi connectivity index (χ0n) is 12.5. The van der Waals surface area contributed by atoms with Crippen LogP contribution in [0.4, 0.5) is 0 Å². The lowest BCUT2D eigenvalue weighted by atomic mass is 10.0. The van der Waals surface area contributed by atoms with Gasteiger partial charge in [-0.15, -0.1) is 0 Å². The summed E-state index contributed by atoms with van der Waals surface area (Å²) in [5, 5.41) is 0. The van der Waals surface area contributed by atoms with E-state index in [1.807, 2.05) is 23.1 Å². The smallest absolute Gasteiger partial charge is 0.290 e. The van der Waals surface area contributed by atoms with Crippen LogP contribution in [0.25, 0.3) is 0 Å². The Morgan fingerprint density at radius 2 is 1.96 bits per heavy atom. The number of hydrogen-bond acceptors (Lipinski definition) is 4. The number of carbonyl (C=O) groups is 1. The van der Waals surface area contributed by atoms with Crippen molar-refractivity contribution in [3.8, 4) is 11.5 Å². The van der Waals surface area contributed by atoms with Crippen LogP contribution in [-0.2, 0) is 0 Å². The van der Waals surface area contributed by atoms with E-state index in [-0.39, 0.29) is 11.9 Å². The first-order valence-corrected chi connectivity index (χ1v) is 8.47. The highest BCUT2D eigenvalue weighted by Crippen LogP contribution is 2.38. The molecule has 0 radical (unpaired) electrons. The molecule has 2 aliphatic heterocycles. The number of carbonyl (C=O) groups excluding carboxylic acids is 1. The quantitative estimate of drug-likeness (QED) is 0.798. The number of likely N-dealkylation sites (tertiary alicyclic amines) is 1. The van der Waals surface area contributed by atoms with E-state index in [0.29, 0.717) is 23.6 Å². The van der Waals surface area contributed by atoms with E-state index in [4.69, 9.17) is 13.9 Å². The summed E-state index contributed by atoms with van der Waals surface area (Å²) in [6.07, 6.45) is 1.92. The maximum absolute atomic E-state index is 12.7. The number of furan rings is 1. The SMILES string of the molecule is O=C(c1ccc(Br)o1)N1CCC[C@@H]1c1ccc2c(c1)OCCO2. The molecule has 5 nitrogen and oxygen atoms in total. The Hall–Kier alpha value is -1.95. The van der Waals surface area contributed by atoms with Gasteiger partial charge in [-0.1, -0.05) is 6.07 Å². The molecule has 0 bridgehead atoms. The fourth-order valence-corrected chi connectivity index (χ4v) is 3.50. The molecule has 0 aliphatic carbocycles. The Morgan fingerprint density at radius 1 is 1.13 bits per heavy atom. The van der Waals surface area contributed by atoms with Crippen molar-refractivity contribution in [2.75, 3.05) is 19.8 Å². The zero-order valence-corrected chi connectivity index (χ0v) is 14.0. The van der Waals surface area contributed by atoms with Crippen molar-refractivity contribution in [1.82, 2.24) is 4.90 Å². The predicted molar refractivity (Wildman–Crippen MR) is 86.9 cm³/mol. The number of ether oxygens (including phenoxy) is 2. The molecule has 1 aromatic carbocycles. The van der Waals surface area contributed by atoms with Crippen molar-refractivity contribution in [3.05, 3.63) is 46.3 Å². The van der Waals surface area contributed by atoms with Gasteiger partial charge in [0.1, 0.15) is 13.2 Å². The van der Waals surface area contributed by atoms with Crippen molar-refractivity contribution in [1.29, 1.82) is 0 Å². The molecule has 0 spiro atoms. The summed E-state index contributed by atoms with van der Waals surface area (Å²) in [6, 6.07) is 9.41. The van der Waals surface area contributed by atoms with E-state index in [0.717, 1.165) is 36.4 Å². The zero-order chi connectivity index (χ0) is 15.8. The minimum atomic E-state index is -0.0758. The monoisotopic (exact) mass is 377 g/mol. The summed E-state index contributed by atoms with van der Waals surface area (Å²) in [5.41, 5.74) is 1.07. The lowest BCUT2D eigenvalue weighted by Gasteiger charge is -2.26. The van der Waals surface area contributed by atoms with E-state index < -0.39 is 0 Å². The van der Waals surface area contributed by atoms with Gasteiger partial charge >= 0.3 is 0 Å². The van der Waals surface area contributed by atoms with Crippen molar-refractivity contribution < 1.29 is 18.7 Å². The Bertz CT molecular complexity index is 742. The summed E-state index contributed by atoms with van der Waals surface area (Å²) in [5.74, 6) is 1.81. The highest BCUT2D eigenvalue weighted by molar-refractivity contribution is 9.10. The van der Waals surface area contributed by atoms with E-state index in [2.05, 4.69) is 15.9 Å². The van der Waals surface area contributed by atoms with E-state index in [9.17, 15) is 4.79 Å². The molecule has 0 saturated carbocycles. The van der Waals surface area contributed by atoms with Crippen LogP contribution in [0.2, 0.25) is 0 Å². The van der Waals surface area contributed by atoms with Crippen LogP contribution < -0.4 is 9.47 Å². The molecule has 0 unspecified atom stereocenters. The Balaban J connectivity index is 1.61. The van der Waals surface area contributed by atoms with Gasteiger partial charge in [-0.2, -0.15) is 0 Å². The molecule has 1 atom stereocenters. The fraction of sp³-hybridized carbons (Fsp3) is 0.353. The molecule has 1 saturated heterocycles. The highest BCUT2D eigenvalue weighted by atomic mass is 79.9. The van der Waals surface area contributed by atoms with E-state index >= 15 is 0 Å². The van der Waals surface area contributed by atoms with Crippen molar-refractivity contribution in [3.63, 3.8) is 0 Å². The van der Waals surface area contributed by atoms with Gasteiger partial charge in [-0.3, -0.25) is 4.79 Å². The second-order valence-electron chi connectivity index (χ2n) is 5.66. The number of benzene rings is 1. The van der Waals surface area contributed by atoms with Gasteiger partial charge in [0, 0.05) is 6.54 Å². The number of nitrogens with zero attached hydrogens (tertiary/aromatic N) is 1. The first kappa shape index (κ1) is 14.6. The Kier molecular flexibility index (Phi) is 3.77. The maximum Gasteiger partial charge on any atom is 0.290 e. The van der Waals surface area contributed by atoms with Crippen LogP contribution in [0.3, 0.4) is 0 Å². The van der Waals surface area contributed by atoms with Gasteiger partial charge < -0.3 is 18.8 Å². The second-order valence-corrected chi connectivity index (χ2v) is 6.45. The Morgan fingerprint density at radius 3 is 2.74 bits per heavy atom. The average Bonchev–Trinajstić information content (AvgIpc) is 3.23. The first-order valence-electron chi connectivity index (χ1n) is 7.68. The van der Waals surface area contributed by atoms with Crippen molar-refractivity contribution in [2.45, 2.75) is 18.9 Å². The molecule has 1 fully saturated rings. The lowest BCUT2D eigenvalue weighted by Crippen LogP contribution is -2.30. The van der Waals surface area contributed by atoms with Crippen LogP contribution >= 0.6 is 15.9 Å². The van der Waals surface area contributed by atoms with Crippen LogP contribution in [-0.4, -0.2) is 30.6 Å². The average molecular weight is 378 g/mol. The fourth-order valence-electron chi connectivity index (χ4n) is 3.19. The van der Waals surface area contributed by atoms with Gasteiger partial charge in [0.05, 0.1) is 6.04 Å². The summed E-state index contributed by atoms with van der Waals surface area (Å²) in [6.45, 7) is 1.87. The van der Waals surface area contributed by atoms with Gasteiger partial charge in [0.2, 0.25) is 0 Å². The molecular weight excluding hydrogens is 362 g/mol. The third kappa shape index (κ3) is 2.72. The lowest BCUT2D eigenvalue weighted by molar-refractivity contribution is 0.0701. The topological polar surface area (TPSA) is 51.9 Å². The van der Waals surface area contributed by atoms with Crippen molar-refractivity contribution in [2.24, 2.45) is 0 Å². The Labute approximate surface area is 142 Å². The number of halogens is 1. The van der Waals surface area contributed by atoms with Crippen LogP contribution in [0.5, 0.6) is 11.5 Å². The molecular formula is C17H16BrNO4. The highest BCUT2D eigenvalue weighted by Gasteiger charge is 2.32. The van der Waals surface area contributed by atoms with Gasteiger partial charge in [0.25, 0.3) is 5.91 Å². The second kappa shape index (κ2) is 5.92. The number of amides is 1. The normalized spacial score (nSPS) is 19.9. The first-order chi connectivity index (χ1) is 11.2. The molecule has 3 heterocycles. The largest absolute Gasteiger partial charge is 0.486 e.